The van der Waals surface area contributed by atoms with E-state index in [1.165, 1.54) is 30.3 Å². The van der Waals surface area contributed by atoms with Gasteiger partial charge in [0.05, 0.1) is 15.5 Å². The molecule has 0 fully saturated rings. The summed E-state index contributed by atoms with van der Waals surface area (Å²) in [7, 11) is -3.99. The Kier molecular flexibility index (Phi) is 5.67. The van der Waals surface area contributed by atoms with Gasteiger partial charge in [0.1, 0.15) is 5.82 Å². The number of anilines is 2. The van der Waals surface area contributed by atoms with Gasteiger partial charge in [-0.05, 0) is 61.5 Å². The molecule has 0 bridgehead atoms. The smallest absolute Gasteiger partial charge is 0.261 e. The first kappa shape index (κ1) is 19.9. The largest absolute Gasteiger partial charge is 0.322 e. The molecule has 28 heavy (non-hydrogen) atoms. The molecule has 0 aliphatic carbocycles. The van der Waals surface area contributed by atoms with Crippen LogP contribution in [0.2, 0.25) is 5.02 Å². The molecule has 144 valence electrons. The minimum Gasteiger partial charge on any atom is -0.322 e. The molecule has 0 unspecified atom stereocenters. The molecule has 0 spiro atoms. The van der Waals surface area contributed by atoms with Crippen LogP contribution in [0.4, 0.5) is 15.8 Å². The average molecular weight is 419 g/mol. The van der Waals surface area contributed by atoms with Crippen molar-refractivity contribution in [2.75, 3.05) is 10.0 Å². The molecular formula is C20H16ClFN2O3S. The van der Waals surface area contributed by atoms with E-state index >= 15 is 0 Å². The van der Waals surface area contributed by atoms with Gasteiger partial charge in [0.2, 0.25) is 0 Å². The van der Waals surface area contributed by atoms with Crippen molar-refractivity contribution < 1.29 is 17.6 Å². The van der Waals surface area contributed by atoms with Crippen molar-refractivity contribution in [2.45, 2.75) is 11.8 Å². The molecule has 0 aliphatic heterocycles. The summed E-state index contributed by atoms with van der Waals surface area (Å²) in [5.41, 5.74) is 1.81. The van der Waals surface area contributed by atoms with Crippen LogP contribution in [-0.2, 0) is 10.0 Å². The number of carbonyl (C=O) groups is 1. The first-order valence-corrected chi connectivity index (χ1v) is 10.1. The summed E-state index contributed by atoms with van der Waals surface area (Å²) >= 11 is 6.09. The van der Waals surface area contributed by atoms with E-state index < -0.39 is 21.7 Å². The van der Waals surface area contributed by atoms with Crippen LogP contribution in [0.5, 0.6) is 0 Å². The Labute approximate surface area is 167 Å². The van der Waals surface area contributed by atoms with E-state index in [0.29, 0.717) is 5.69 Å². The predicted molar refractivity (Wildman–Crippen MR) is 108 cm³/mol. The molecule has 0 saturated heterocycles. The quantitative estimate of drug-likeness (QED) is 0.622. The fourth-order valence-electron chi connectivity index (χ4n) is 2.41. The van der Waals surface area contributed by atoms with Gasteiger partial charge in [-0.3, -0.25) is 9.52 Å². The normalized spacial score (nSPS) is 11.1. The van der Waals surface area contributed by atoms with Crippen LogP contribution in [0.1, 0.15) is 15.9 Å². The van der Waals surface area contributed by atoms with E-state index in [2.05, 4.69) is 10.0 Å². The SMILES string of the molecule is Cc1ccc(NC(=O)c2cc(S(=O)(=O)Nc3ccc(F)cc3)ccc2Cl)cc1. The van der Waals surface area contributed by atoms with Crippen molar-refractivity contribution in [1.29, 1.82) is 0 Å². The Morgan fingerprint density at radius 3 is 2.18 bits per heavy atom. The summed E-state index contributed by atoms with van der Waals surface area (Å²) < 4.78 is 40.5. The fourth-order valence-corrected chi connectivity index (χ4v) is 3.70. The van der Waals surface area contributed by atoms with Crippen LogP contribution in [-0.4, -0.2) is 14.3 Å². The van der Waals surface area contributed by atoms with Crippen LogP contribution in [0, 0.1) is 12.7 Å². The molecule has 0 saturated carbocycles. The number of sulfonamides is 1. The molecule has 8 heteroatoms. The van der Waals surface area contributed by atoms with Crippen molar-refractivity contribution in [1.82, 2.24) is 0 Å². The molecule has 0 radical (unpaired) electrons. The summed E-state index contributed by atoms with van der Waals surface area (Å²) in [6.45, 7) is 1.92. The van der Waals surface area contributed by atoms with E-state index in [0.717, 1.165) is 17.7 Å². The van der Waals surface area contributed by atoms with E-state index in [-0.39, 0.29) is 21.2 Å². The number of hydrogen-bond acceptors (Lipinski definition) is 3. The number of amides is 1. The third-order valence-electron chi connectivity index (χ3n) is 3.90. The van der Waals surface area contributed by atoms with Crippen molar-refractivity contribution in [2.24, 2.45) is 0 Å². The Balaban J connectivity index is 1.86. The van der Waals surface area contributed by atoms with Gasteiger partial charge >= 0.3 is 0 Å². The highest BCUT2D eigenvalue weighted by atomic mass is 35.5. The van der Waals surface area contributed by atoms with E-state index in [1.807, 2.05) is 19.1 Å². The first-order valence-electron chi connectivity index (χ1n) is 8.20. The van der Waals surface area contributed by atoms with E-state index in [9.17, 15) is 17.6 Å². The van der Waals surface area contributed by atoms with Crippen LogP contribution < -0.4 is 10.0 Å². The zero-order chi connectivity index (χ0) is 20.3. The van der Waals surface area contributed by atoms with Crippen LogP contribution in [0.25, 0.3) is 0 Å². The lowest BCUT2D eigenvalue weighted by molar-refractivity contribution is 0.102. The lowest BCUT2D eigenvalue weighted by Gasteiger charge is -2.11. The minimum absolute atomic E-state index is 0.0178. The molecule has 3 aromatic carbocycles. The number of carbonyl (C=O) groups excluding carboxylic acids is 1. The summed E-state index contributed by atoms with van der Waals surface area (Å²) in [4.78, 5) is 12.4. The number of benzene rings is 3. The molecule has 3 aromatic rings. The standard InChI is InChI=1S/C20H16ClFN2O3S/c1-13-2-6-15(7-3-13)23-20(25)18-12-17(10-11-19(18)21)28(26,27)24-16-8-4-14(22)5-9-16/h2-12,24H,1H3,(H,23,25). The van der Waals surface area contributed by atoms with Crippen molar-refractivity contribution in [3.8, 4) is 0 Å². The molecule has 0 atom stereocenters. The Bertz CT molecular complexity index is 1120. The van der Waals surface area contributed by atoms with Crippen molar-refractivity contribution in [3.05, 3.63) is 88.7 Å². The second kappa shape index (κ2) is 8.00. The van der Waals surface area contributed by atoms with E-state index in [1.54, 1.807) is 12.1 Å². The molecule has 0 heterocycles. The maximum absolute atomic E-state index is 13.0. The van der Waals surface area contributed by atoms with Gasteiger partial charge in [-0.1, -0.05) is 29.3 Å². The van der Waals surface area contributed by atoms with Gasteiger partial charge in [-0.15, -0.1) is 0 Å². The number of rotatable bonds is 5. The molecule has 0 aliphatic rings. The monoisotopic (exact) mass is 418 g/mol. The van der Waals surface area contributed by atoms with Gasteiger partial charge < -0.3 is 5.32 Å². The number of halogens is 2. The minimum atomic E-state index is -3.99. The van der Waals surface area contributed by atoms with Crippen molar-refractivity contribution >= 4 is 38.9 Å². The van der Waals surface area contributed by atoms with Gasteiger partial charge in [-0.2, -0.15) is 0 Å². The van der Waals surface area contributed by atoms with E-state index in [4.69, 9.17) is 11.6 Å². The average Bonchev–Trinajstić information content (AvgIpc) is 2.65. The zero-order valence-electron chi connectivity index (χ0n) is 14.7. The molecular weight excluding hydrogens is 403 g/mol. The molecule has 0 aromatic heterocycles. The highest BCUT2D eigenvalue weighted by Gasteiger charge is 2.19. The maximum Gasteiger partial charge on any atom is 0.261 e. The molecule has 3 rings (SSSR count). The molecule has 1 amide bonds. The lowest BCUT2D eigenvalue weighted by atomic mass is 10.2. The summed E-state index contributed by atoms with van der Waals surface area (Å²) in [6, 6.07) is 15.8. The fraction of sp³-hybridized carbons (Fsp3) is 0.0500. The highest BCUT2D eigenvalue weighted by molar-refractivity contribution is 7.92. The molecule has 2 N–H and O–H groups in total. The van der Waals surface area contributed by atoms with Crippen LogP contribution in [0.3, 0.4) is 0 Å². The third kappa shape index (κ3) is 4.68. The Morgan fingerprint density at radius 2 is 1.54 bits per heavy atom. The maximum atomic E-state index is 13.0. The number of aryl methyl sites for hydroxylation is 1. The topological polar surface area (TPSA) is 75.3 Å². The summed E-state index contributed by atoms with van der Waals surface area (Å²) in [5, 5.41) is 2.80. The summed E-state index contributed by atoms with van der Waals surface area (Å²) in [5.74, 6) is -1.02. The Morgan fingerprint density at radius 1 is 0.929 bits per heavy atom. The Hall–Kier alpha value is -2.90. The van der Waals surface area contributed by atoms with Gasteiger partial charge in [0.25, 0.3) is 15.9 Å². The first-order chi connectivity index (χ1) is 13.2. The van der Waals surface area contributed by atoms with Gasteiger partial charge in [0, 0.05) is 11.4 Å². The highest BCUT2D eigenvalue weighted by Crippen LogP contribution is 2.24. The number of hydrogen-bond donors (Lipinski definition) is 2. The zero-order valence-corrected chi connectivity index (χ0v) is 16.3. The second-order valence-electron chi connectivity index (χ2n) is 6.07. The summed E-state index contributed by atoms with van der Waals surface area (Å²) in [6.07, 6.45) is 0. The predicted octanol–water partition coefficient (Wildman–Crippen LogP) is 4.84. The molecule has 5 nitrogen and oxygen atoms in total. The second-order valence-corrected chi connectivity index (χ2v) is 8.16. The van der Waals surface area contributed by atoms with Crippen molar-refractivity contribution in [3.63, 3.8) is 0 Å². The lowest BCUT2D eigenvalue weighted by Crippen LogP contribution is -2.16. The van der Waals surface area contributed by atoms with Crippen LogP contribution >= 0.6 is 11.6 Å². The van der Waals surface area contributed by atoms with Gasteiger partial charge in [-0.25, -0.2) is 12.8 Å². The number of nitrogens with one attached hydrogen (secondary N) is 2. The van der Waals surface area contributed by atoms with Crippen LogP contribution in [0.15, 0.2) is 71.6 Å². The third-order valence-corrected chi connectivity index (χ3v) is 5.61. The van der Waals surface area contributed by atoms with Gasteiger partial charge in [0.15, 0.2) is 0 Å².